The highest BCUT2D eigenvalue weighted by atomic mass is 16.4. The van der Waals surface area contributed by atoms with E-state index in [1.807, 2.05) is 18.7 Å². The Morgan fingerprint density at radius 3 is 2.84 bits per heavy atom. The molecule has 2 N–H and O–H groups in total. The van der Waals surface area contributed by atoms with Crippen LogP contribution in [0.15, 0.2) is 0 Å². The van der Waals surface area contributed by atoms with Crippen molar-refractivity contribution in [1.82, 2.24) is 10.2 Å². The number of likely N-dealkylation sites (tertiary alicyclic amines) is 1. The molecule has 0 aliphatic carbocycles. The Morgan fingerprint density at radius 1 is 1.47 bits per heavy atom. The summed E-state index contributed by atoms with van der Waals surface area (Å²) < 4.78 is 0. The molecule has 0 bridgehead atoms. The third-order valence-corrected chi connectivity index (χ3v) is 3.72. The van der Waals surface area contributed by atoms with E-state index in [2.05, 4.69) is 5.32 Å². The SMILES string of the molecule is CCNCC(C)C(=O)N1CCCC(CCC(=O)O)C1. The van der Waals surface area contributed by atoms with Crippen LogP contribution in [0.25, 0.3) is 0 Å². The lowest BCUT2D eigenvalue weighted by atomic mass is 9.92. The molecule has 2 unspecified atom stereocenters. The van der Waals surface area contributed by atoms with Crippen molar-refractivity contribution in [2.45, 2.75) is 39.5 Å². The lowest BCUT2D eigenvalue weighted by molar-refractivity contribution is -0.137. The summed E-state index contributed by atoms with van der Waals surface area (Å²) in [6.07, 6.45) is 2.92. The lowest BCUT2D eigenvalue weighted by Crippen LogP contribution is -2.44. The third kappa shape index (κ3) is 5.59. The minimum Gasteiger partial charge on any atom is -0.481 e. The van der Waals surface area contributed by atoms with Crippen LogP contribution in [0.4, 0.5) is 0 Å². The standard InChI is InChI=1S/C14H26N2O3/c1-3-15-9-11(2)14(19)16-8-4-5-12(10-16)6-7-13(17)18/h11-12,15H,3-10H2,1-2H3,(H,17,18). The van der Waals surface area contributed by atoms with Crippen LogP contribution in [0.1, 0.15) is 39.5 Å². The zero-order valence-corrected chi connectivity index (χ0v) is 12.0. The van der Waals surface area contributed by atoms with E-state index in [4.69, 9.17) is 5.11 Å². The summed E-state index contributed by atoms with van der Waals surface area (Å²) in [6, 6.07) is 0. The van der Waals surface area contributed by atoms with Gasteiger partial charge in [0.2, 0.25) is 5.91 Å². The van der Waals surface area contributed by atoms with Crippen LogP contribution in [-0.2, 0) is 9.59 Å². The Bertz CT molecular complexity index is 307. The molecular formula is C14H26N2O3. The van der Waals surface area contributed by atoms with Crippen molar-refractivity contribution >= 4 is 11.9 Å². The zero-order valence-electron chi connectivity index (χ0n) is 12.0. The van der Waals surface area contributed by atoms with Gasteiger partial charge >= 0.3 is 5.97 Å². The van der Waals surface area contributed by atoms with Crippen molar-refractivity contribution in [2.75, 3.05) is 26.2 Å². The quantitative estimate of drug-likeness (QED) is 0.732. The minimum atomic E-state index is -0.746. The van der Waals surface area contributed by atoms with Crippen molar-refractivity contribution in [3.63, 3.8) is 0 Å². The van der Waals surface area contributed by atoms with Crippen LogP contribution in [-0.4, -0.2) is 48.1 Å². The first-order chi connectivity index (χ1) is 9.04. The maximum absolute atomic E-state index is 12.3. The van der Waals surface area contributed by atoms with E-state index in [-0.39, 0.29) is 18.2 Å². The summed E-state index contributed by atoms with van der Waals surface area (Å²) in [6.45, 7) is 7.11. The van der Waals surface area contributed by atoms with Gasteiger partial charge in [0.25, 0.3) is 0 Å². The van der Waals surface area contributed by atoms with E-state index in [1.165, 1.54) is 0 Å². The fourth-order valence-electron chi connectivity index (χ4n) is 2.59. The van der Waals surface area contributed by atoms with E-state index >= 15 is 0 Å². The first-order valence-electron chi connectivity index (χ1n) is 7.25. The van der Waals surface area contributed by atoms with Crippen LogP contribution in [0.5, 0.6) is 0 Å². The molecule has 1 rings (SSSR count). The van der Waals surface area contributed by atoms with Gasteiger partial charge in [-0.3, -0.25) is 9.59 Å². The monoisotopic (exact) mass is 270 g/mol. The van der Waals surface area contributed by atoms with E-state index in [0.717, 1.165) is 32.5 Å². The Balaban J connectivity index is 2.40. The topological polar surface area (TPSA) is 69.6 Å². The predicted octanol–water partition coefficient (Wildman–Crippen LogP) is 1.34. The molecule has 2 atom stereocenters. The van der Waals surface area contributed by atoms with Crippen LogP contribution in [0.2, 0.25) is 0 Å². The summed E-state index contributed by atoms with van der Waals surface area (Å²) in [5.41, 5.74) is 0. The van der Waals surface area contributed by atoms with E-state index in [9.17, 15) is 9.59 Å². The number of carboxylic acid groups (broad SMARTS) is 1. The average molecular weight is 270 g/mol. The smallest absolute Gasteiger partial charge is 0.303 e. The number of hydrogen-bond acceptors (Lipinski definition) is 3. The molecule has 0 aromatic rings. The second kappa shape index (κ2) is 8.15. The number of carboxylic acids is 1. The largest absolute Gasteiger partial charge is 0.481 e. The zero-order chi connectivity index (χ0) is 14.3. The Hall–Kier alpha value is -1.10. The third-order valence-electron chi connectivity index (χ3n) is 3.72. The number of aliphatic carboxylic acids is 1. The Morgan fingerprint density at radius 2 is 2.21 bits per heavy atom. The number of nitrogens with one attached hydrogen (secondary N) is 1. The molecule has 1 aliphatic heterocycles. The van der Waals surface area contributed by atoms with Gasteiger partial charge in [-0.25, -0.2) is 0 Å². The fourth-order valence-corrected chi connectivity index (χ4v) is 2.59. The maximum Gasteiger partial charge on any atom is 0.303 e. The van der Waals surface area contributed by atoms with Gasteiger partial charge in [0.15, 0.2) is 0 Å². The molecule has 0 aromatic heterocycles. The number of nitrogens with zero attached hydrogens (tertiary/aromatic N) is 1. The summed E-state index contributed by atoms with van der Waals surface area (Å²) in [7, 11) is 0. The molecular weight excluding hydrogens is 244 g/mol. The fraction of sp³-hybridized carbons (Fsp3) is 0.857. The molecule has 1 aliphatic rings. The van der Waals surface area contributed by atoms with Crippen LogP contribution >= 0.6 is 0 Å². The second-order valence-electron chi connectivity index (χ2n) is 5.43. The number of carbonyl (C=O) groups excluding carboxylic acids is 1. The van der Waals surface area contributed by atoms with Crippen molar-refractivity contribution in [3.05, 3.63) is 0 Å². The van der Waals surface area contributed by atoms with Gasteiger partial charge in [-0.05, 0) is 31.7 Å². The number of hydrogen-bond donors (Lipinski definition) is 2. The highest BCUT2D eigenvalue weighted by Gasteiger charge is 2.26. The van der Waals surface area contributed by atoms with Crippen LogP contribution < -0.4 is 5.32 Å². The summed E-state index contributed by atoms with van der Waals surface area (Å²) >= 11 is 0. The molecule has 19 heavy (non-hydrogen) atoms. The van der Waals surface area contributed by atoms with Gasteiger partial charge in [0.1, 0.15) is 0 Å². The second-order valence-corrected chi connectivity index (χ2v) is 5.43. The minimum absolute atomic E-state index is 0.00169. The Labute approximate surface area is 115 Å². The van der Waals surface area contributed by atoms with Gasteiger partial charge in [-0.1, -0.05) is 13.8 Å². The molecule has 1 fully saturated rings. The number of carbonyl (C=O) groups is 2. The molecule has 5 nitrogen and oxygen atoms in total. The molecule has 5 heteroatoms. The number of rotatable bonds is 7. The molecule has 0 radical (unpaired) electrons. The van der Waals surface area contributed by atoms with Crippen LogP contribution in [0, 0.1) is 11.8 Å². The van der Waals surface area contributed by atoms with Gasteiger partial charge in [-0.15, -0.1) is 0 Å². The summed E-state index contributed by atoms with van der Waals surface area (Å²) in [5.74, 6) is -0.205. The van der Waals surface area contributed by atoms with E-state index in [0.29, 0.717) is 18.9 Å². The average Bonchev–Trinajstić information content (AvgIpc) is 2.42. The number of amides is 1. The van der Waals surface area contributed by atoms with Crippen molar-refractivity contribution < 1.29 is 14.7 Å². The molecule has 0 saturated carbocycles. The van der Waals surface area contributed by atoms with Crippen molar-refractivity contribution in [1.29, 1.82) is 0 Å². The first kappa shape index (κ1) is 16.0. The molecule has 0 aromatic carbocycles. The highest BCUT2D eigenvalue weighted by molar-refractivity contribution is 5.78. The first-order valence-corrected chi connectivity index (χ1v) is 7.25. The maximum atomic E-state index is 12.3. The normalized spacial score (nSPS) is 21.2. The van der Waals surface area contributed by atoms with Gasteiger partial charge < -0.3 is 15.3 Å². The lowest BCUT2D eigenvalue weighted by Gasteiger charge is -2.34. The Kier molecular flexibility index (Phi) is 6.84. The molecule has 1 saturated heterocycles. The molecule has 1 amide bonds. The van der Waals surface area contributed by atoms with E-state index < -0.39 is 5.97 Å². The molecule has 0 spiro atoms. The van der Waals surface area contributed by atoms with Crippen molar-refractivity contribution in [3.8, 4) is 0 Å². The molecule has 110 valence electrons. The van der Waals surface area contributed by atoms with Gasteiger partial charge in [0.05, 0.1) is 0 Å². The van der Waals surface area contributed by atoms with Crippen LogP contribution in [0.3, 0.4) is 0 Å². The highest BCUT2D eigenvalue weighted by Crippen LogP contribution is 2.22. The summed E-state index contributed by atoms with van der Waals surface area (Å²) in [4.78, 5) is 24.8. The number of piperidine rings is 1. The van der Waals surface area contributed by atoms with E-state index in [1.54, 1.807) is 0 Å². The predicted molar refractivity (Wildman–Crippen MR) is 73.9 cm³/mol. The van der Waals surface area contributed by atoms with Gasteiger partial charge in [-0.2, -0.15) is 0 Å². The molecule has 1 heterocycles. The van der Waals surface area contributed by atoms with Gasteiger partial charge in [0, 0.05) is 32.0 Å². The van der Waals surface area contributed by atoms with Crippen molar-refractivity contribution in [2.24, 2.45) is 11.8 Å². The summed E-state index contributed by atoms with van der Waals surface area (Å²) in [5, 5.41) is 11.9.